The molecule has 0 aromatic heterocycles. The summed E-state index contributed by atoms with van der Waals surface area (Å²) in [6.07, 6.45) is -4.12. The number of carbonyl (C=O) groups excluding carboxylic acids is 1. The number of ether oxygens (including phenoxy) is 2. The zero-order valence-corrected chi connectivity index (χ0v) is 20.8. The first-order valence-corrected chi connectivity index (χ1v) is 11.6. The summed E-state index contributed by atoms with van der Waals surface area (Å²) in [6.45, 7) is 0.206. The lowest BCUT2D eigenvalue weighted by atomic mass is 9.86. The van der Waals surface area contributed by atoms with E-state index in [0.29, 0.717) is 23.5 Å². The molecule has 10 heteroatoms. The largest absolute Gasteiger partial charge is 0.493 e. The van der Waals surface area contributed by atoms with Gasteiger partial charge in [0.15, 0.2) is 11.5 Å². The second kappa shape index (κ2) is 9.80. The summed E-state index contributed by atoms with van der Waals surface area (Å²) in [5, 5.41) is 0.355. The minimum atomic E-state index is -4.55. The van der Waals surface area contributed by atoms with E-state index in [4.69, 9.17) is 44.3 Å². The minimum absolute atomic E-state index is 0.0265. The fourth-order valence-corrected chi connectivity index (χ4v) is 5.28. The standard InChI is InChI=1S/C25H19Cl3F3NO3/c1-34-20-9-13-6-7-32(24(33)22-18(27)10-16(26)11-19(22)28)23(17(13)12-21(20)35-2)14-4-3-5-15(8-14)25(29,30)31/h3-5,8-12,23H,6-7H2,1-2H3/t23-/m0/s1. The van der Waals surface area contributed by atoms with Crippen molar-refractivity contribution in [2.75, 3.05) is 20.8 Å². The summed E-state index contributed by atoms with van der Waals surface area (Å²) in [5.74, 6) is 0.345. The van der Waals surface area contributed by atoms with Crippen molar-refractivity contribution in [3.05, 3.63) is 91.4 Å². The Balaban J connectivity index is 1.92. The summed E-state index contributed by atoms with van der Waals surface area (Å²) in [5.41, 5.74) is 0.920. The average molecular weight is 545 g/mol. The van der Waals surface area contributed by atoms with Crippen molar-refractivity contribution in [1.29, 1.82) is 0 Å². The van der Waals surface area contributed by atoms with Crippen molar-refractivity contribution < 1.29 is 27.4 Å². The zero-order chi connectivity index (χ0) is 25.5. The van der Waals surface area contributed by atoms with E-state index in [-0.39, 0.29) is 32.7 Å². The second-order valence-electron chi connectivity index (χ2n) is 7.92. The van der Waals surface area contributed by atoms with Crippen LogP contribution in [-0.2, 0) is 12.6 Å². The smallest absolute Gasteiger partial charge is 0.416 e. The Morgan fingerprint density at radius 1 is 0.971 bits per heavy atom. The molecule has 3 aromatic rings. The van der Waals surface area contributed by atoms with Crippen LogP contribution in [0.25, 0.3) is 0 Å². The zero-order valence-electron chi connectivity index (χ0n) is 18.6. The summed E-state index contributed by atoms with van der Waals surface area (Å²) in [6, 6.07) is 10.3. The number of methoxy groups -OCH3 is 2. The van der Waals surface area contributed by atoms with Crippen molar-refractivity contribution in [3.8, 4) is 11.5 Å². The monoisotopic (exact) mass is 543 g/mol. The van der Waals surface area contributed by atoms with Gasteiger partial charge in [0, 0.05) is 11.6 Å². The van der Waals surface area contributed by atoms with Crippen LogP contribution in [0.2, 0.25) is 15.1 Å². The molecule has 1 aliphatic heterocycles. The molecule has 0 saturated carbocycles. The molecule has 0 radical (unpaired) electrons. The molecule has 0 N–H and O–H groups in total. The van der Waals surface area contributed by atoms with Crippen molar-refractivity contribution in [3.63, 3.8) is 0 Å². The highest BCUT2D eigenvalue weighted by Crippen LogP contribution is 2.43. The van der Waals surface area contributed by atoms with E-state index in [1.807, 2.05) is 0 Å². The molecule has 1 atom stereocenters. The van der Waals surface area contributed by atoms with Crippen LogP contribution in [0.4, 0.5) is 13.2 Å². The van der Waals surface area contributed by atoms with Crippen molar-refractivity contribution in [2.45, 2.75) is 18.6 Å². The molecule has 0 bridgehead atoms. The van der Waals surface area contributed by atoms with Crippen LogP contribution in [0.5, 0.6) is 11.5 Å². The van der Waals surface area contributed by atoms with E-state index in [2.05, 4.69) is 0 Å². The number of hydrogen-bond donors (Lipinski definition) is 0. The predicted molar refractivity (Wildman–Crippen MR) is 129 cm³/mol. The van der Waals surface area contributed by atoms with Crippen LogP contribution >= 0.6 is 34.8 Å². The molecule has 4 nitrogen and oxygen atoms in total. The van der Waals surface area contributed by atoms with Gasteiger partial charge in [-0.05, 0) is 59.5 Å². The van der Waals surface area contributed by atoms with E-state index in [0.717, 1.165) is 17.7 Å². The average Bonchev–Trinajstić information content (AvgIpc) is 2.81. The first-order chi connectivity index (χ1) is 16.5. The lowest BCUT2D eigenvalue weighted by molar-refractivity contribution is -0.137. The number of fused-ring (bicyclic) bond motifs is 1. The third-order valence-corrected chi connectivity index (χ3v) is 6.70. The fraction of sp³-hybridized carbons (Fsp3) is 0.240. The maximum absolute atomic E-state index is 13.7. The van der Waals surface area contributed by atoms with E-state index >= 15 is 0 Å². The Morgan fingerprint density at radius 2 is 1.60 bits per heavy atom. The highest BCUT2D eigenvalue weighted by atomic mass is 35.5. The van der Waals surface area contributed by atoms with Crippen molar-refractivity contribution >= 4 is 40.7 Å². The van der Waals surface area contributed by atoms with Gasteiger partial charge in [-0.15, -0.1) is 0 Å². The van der Waals surface area contributed by atoms with Crippen LogP contribution in [0.1, 0.15) is 38.7 Å². The topological polar surface area (TPSA) is 38.8 Å². The van der Waals surface area contributed by atoms with E-state index < -0.39 is 23.7 Å². The Hall–Kier alpha value is -2.61. The maximum atomic E-state index is 13.7. The predicted octanol–water partition coefficient (Wildman–Crippen LogP) is 7.47. The van der Waals surface area contributed by atoms with E-state index in [1.54, 1.807) is 18.2 Å². The summed E-state index contributed by atoms with van der Waals surface area (Å²) < 4.78 is 51.5. The summed E-state index contributed by atoms with van der Waals surface area (Å²) in [7, 11) is 2.96. The Morgan fingerprint density at radius 3 is 2.20 bits per heavy atom. The fourth-order valence-electron chi connectivity index (χ4n) is 4.30. The van der Waals surface area contributed by atoms with Crippen molar-refractivity contribution in [2.24, 2.45) is 0 Å². The van der Waals surface area contributed by atoms with Crippen LogP contribution in [0.15, 0.2) is 48.5 Å². The van der Waals surface area contributed by atoms with Crippen LogP contribution in [-0.4, -0.2) is 31.6 Å². The third kappa shape index (κ3) is 4.90. The number of hydrogen-bond acceptors (Lipinski definition) is 3. The molecule has 0 aliphatic carbocycles. The van der Waals surface area contributed by atoms with Gasteiger partial charge in [-0.2, -0.15) is 13.2 Å². The number of alkyl halides is 3. The summed E-state index contributed by atoms with van der Waals surface area (Å²) in [4.78, 5) is 15.2. The van der Waals surface area contributed by atoms with Gasteiger partial charge in [-0.25, -0.2) is 0 Å². The first kappa shape index (κ1) is 25.5. The van der Waals surface area contributed by atoms with Gasteiger partial charge in [0.2, 0.25) is 0 Å². The molecule has 1 aliphatic rings. The van der Waals surface area contributed by atoms with Gasteiger partial charge in [-0.3, -0.25) is 4.79 Å². The van der Waals surface area contributed by atoms with E-state index in [1.165, 1.54) is 37.3 Å². The minimum Gasteiger partial charge on any atom is -0.493 e. The SMILES string of the molecule is COc1cc2c(cc1OC)[C@H](c1cccc(C(F)(F)F)c1)N(C(=O)c1c(Cl)cc(Cl)cc1Cl)CC2. The number of rotatable bonds is 4. The normalized spacial score (nSPS) is 15.5. The Kier molecular flexibility index (Phi) is 7.13. The molecule has 0 unspecified atom stereocenters. The Labute approximate surface area is 215 Å². The number of carbonyl (C=O) groups is 1. The third-order valence-electron chi connectivity index (χ3n) is 5.88. The van der Waals surface area contributed by atoms with Gasteiger partial charge in [0.25, 0.3) is 5.91 Å². The molecule has 35 heavy (non-hydrogen) atoms. The maximum Gasteiger partial charge on any atom is 0.416 e. The molecular formula is C25H19Cl3F3NO3. The molecule has 1 heterocycles. The molecule has 0 fully saturated rings. The lowest BCUT2D eigenvalue weighted by Crippen LogP contribution is -2.41. The van der Waals surface area contributed by atoms with Gasteiger partial charge in [-0.1, -0.05) is 46.9 Å². The quantitative estimate of drug-likeness (QED) is 0.342. The second-order valence-corrected chi connectivity index (χ2v) is 9.18. The molecule has 184 valence electrons. The highest BCUT2D eigenvalue weighted by Gasteiger charge is 2.37. The molecule has 4 rings (SSSR count). The van der Waals surface area contributed by atoms with Crippen LogP contribution in [0, 0.1) is 0 Å². The van der Waals surface area contributed by atoms with Gasteiger partial charge >= 0.3 is 6.18 Å². The first-order valence-electron chi connectivity index (χ1n) is 10.4. The van der Waals surface area contributed by atoms with Gasteiger partial charge < -0.3 is 14.4 Å². The number of amides is 1. The lowest BCUT2D eigenvalue weighted by Gasteiger charge is -2.38. The van der Waals surface area contributed by atoms with Crippen LogP contribution in [0.3, 0.4) is 0 Å². The number of halogens is 6. The van der Waals surface area contributed by atoms with Gasteiger partial charge in [0.05, 0.1) is 41.4 Å². The van der Waals surface area contributed by atoms with Crippen molar-refractivity contribution in [1.82, 2.24) is 4.90 Å². The Bertz CT molecular complexity index is 1270. The molecular weight excluding hydrogens is 526 g/mol. The highest BCUT2D eigenvalue weighted by molar-refractivity contribution is 6.42. The van der Waals surface area contributed by atoms with Gasteiger partial charge in [0.1, 0.15) is 0 Å². The number of benzene rings is 3. The summed E-state index contributed by atoms with van der Waals surface area (Å²) >= 11 is 18.6. The van der Waals surface area contributed by atoms with Crippen LogP contribution < -0.4 is 9.47 Å². The molecule has 1 amide bonds. The van der Waals surface area contributed by atoms with E-state index in [9.17, 15) is 18.0 Å². The molecule has 0 saturated heterocycles. The molecule has 0 spiro atoms. The molecule has 3 aromatic carbocycles. The number of nitrogens with zero attached hydrogens (tertiary/aromatic N) is 1.